The van der Waals surface area contributed by atoms with Crippen LogP contribution in [-0.4, -0.2) is 24.4 Å². The number of hydrogen-bond acceptors (Lipinski definition) is 5. The van der Waals surface area contributed by atoms with Gasteiger partial charge in [0.25, 0.3) is 5.91 Å². The van der Waals surface area contributed by atoms with E-state index in [-0.39, 0.29) is 23.7 Å². The van der Waals surface area contributed by atoms with Gasteiger partial charge in [0.15, 0.2) is 0 Å². The van der Waals surface area contributed by atoms with Crippen LogP contribution >= 0.6 is 0 Å². The van der Waals surface area contributed by atoms with E-state index in [1.165, 1.54) is 18.2 Å². The molecule has 7 nitrogen and oxygen atoms in total. The van der Waals surface area contributed by atoms with Gasteiger partial charge in [-0.25, -0.2) is 9.18 Å². The van der Waals surface area contributed by atoms with E-state index in [0.29, 0.717) is 11.0 Å². The number of carbonyl (C=O) groups excluding carboxylic acids is 3. The second-order valence-electron chi connectivity index (χ2n) is 5.41. The summed E-state index contributed by atoms with van der Waals surface area (Å²) in [5.74, 6) is -3.82. The fourth-order valence-electron chi connectivity index (χ4n) is 2.43. The minimum absolute atomic E-state index is 0.00232. The maximum absolute atomic E-state index is 13.8. The molecule has 0 aliphatic heterocycles. The van der Waals surface area contributed by atoms with E-state index in [9.17, 15) is 18.8 Å². The predicted molar refractivity (Wildman–Crippen MR) is 95.8 cm³/mol. The second kappa shape index (κ2) is 7.69. The zero-order valence-electron chi connectivity index (χ0n) is 14.2. The Hall–Kier alpha value is -3.68. The molecule has 0 saturated heterocycles. The highest BCUT2D eigenvalue weighted by Gasteiger charge is 2.25. The fourth-order valence-corrected chi connectivity index (χ4v) is 2.43. The number of rotatable bonds is 4. The van der Waals surface area contributed by atoms with Crippen molar-refractivity contribution >= 4 is 40.1 Å². The Morgan fingerprint density at radius 2 is 1.74 bits per heavy atom. The molecule has 0 aliphatic rings. The van der Waals surface area contributed by atoms with Gasteiger partial charge in [-0.1, -0.05) is 24.3 Å². The lowest BCUT2D eigenvalue weighted by molar-refractivity contribution is -0.152. The largest absolute Gasteiger partial charge is 0.459 e. The molecule has 0 aliphatic carbocycles. The van der Waals surface area contributed by atoms with E-state index in [4.69, 9.17) is 4.42 Å². The van der Waals surface area contributed by atoms with E-state index in [1.807, 2.05) is 0 Å². The molecule has 0 spiro atoms. The first-order valence-electron chi connectivity index (χ1n) is 8.06. The molecule has 0 bridgehead atoms. The van der Waals surface area contributed by atoms with E-state index in [0.717, 1.165) is 0 Å². The van der Waals surface area contributed by atoms with Crippen molar-refractivity contribution in [3.63, 3.8) is 0 Å². The molecule has 27 heavy (non-hydrogen) atoms. The number of carbonyl (C=O) groups is 3. The van der Waals surface area contributed by atoms with Gasteiger partial charge in [-0.05, 0) is 31.2 Å². The van der Waals surface area contributed by atoms with Crippen LogP contribution in [0, 0.1) is 5.82 Å². The summed E-state index contributed by atoms with van der Waals surface area (Å²) in [6.07, 6.45) is 0. The molecule has 0 saturated carbocycles. The number of benzene rings is 2. The van der Waals surface area contributed by atoms with Crippen LogP contribution in [0.4, 0.5) is 15.8 Å². The SMILES string of the molecule is CCOC(=O)C(=O)Nc1c(C(=O)Nc2ccccc2F)oc2ccccc12. The van der Waals surface area contributed by atoms with Crippen molar-refractivity contribution in [3.05, 3.63) is 60.1 Å². The Morgan fingerprint density at radius 1 is 1.04 bits per heavy atom. The van der Waals surface area contributed by atoms with Crippen molar-refractivity contribution in [3.8, 4) is 0 Å². The van der Waals surface area contributed by atoms with Gasteiger partial charge >= 0.3 is 11.9 Å². The van der Waals surface area contributed by atoms with Gasteiger partial charge < -0.3 is 19.8 Å². The monoisotopic (exact) mass is 370 g/mol. The number of ether oxygens (including phenoxy) is 1. The summed E-state index contributed by atoms with van der Waals surface area (Å²) in [4.78, 5) is 36.2. The fraction of sp³-hybridized carbons (Fsp3) is 0.105. The number of fused-ring (bicyclic) bond motifs is 1. The molecular weight excluding hydrogens is 355 g/mol. The maximum atomic E-state index is 13.8. The number of halogens is 1. The highest BCUT2D eigenvalue weighted by atomic mass is 19.1. The number of amides is 2. The molecule has 1 aromatic heterocycles. The molecule has 2 N–H and O–H groups in total. The highest BCUT2D eigenvalue weighted by Crippen LogP contribution is 2.31. The summed E-state index contributed by atoms with van der Waals surface area (Å²) in [6, 6.07) is 12.2. The maximum Gasteiger partial charge on any atom is 0.397 e. The third-order valence-electron chi connectivity index (χ3n) is 3.62. The van der Waals surface area contributed by atoms with Crippen LogP contribution in [0.2, 0.25) is 0 Å². The molecule has 0 radical (unpaired) electrons. The van der Waals surface area contributed by atoms with Crippen molar-refractivity contribution in [1.82, 2.24) is 0 Å². The number of furan rings is 1. The first-order valence-corrected chi connectivity index (χ1v) is 8.06. The van der Waals surface area contributed by atoms with E-state index in [1.54, 1.807) is 37.3 Å². The average molecular weight is 370 g/mol. The molecule has 2 amide bonds. The zero-order valence-corrected chi connectivity index (χ0v) is 14.2. The zero-order chi connectivity index (χ0) is 19.4. The van der Waals surface area contributed by atoms with Gasteiger partial charge in [0, 0.05) is 5.39 Å². The molecule has 3 aromatic rings. The lowest BCUT2D eigenvalue weighted by Crippen LogP contribution is -2.26. The number of nitrogens with one attached hydrogen (secondary N) is 2. The normalized spacial score (nSPS) is 10.4. The van der Waals surface area contributed by atoms with Gasteiger partial charge in [-0.2, -0.15) is 0 Å². The minimum atomic E-state index is -1.09. The number of anilines is 2. The van der Waals surface area contributed by atoms with Crippen LogP contribution in [0.3, 0.4) is 0 Å². The number of para-hydroxylation sites is 2. The van der Waals surface area contributed by atoms with Gasteiger partial charge in [0.05, 0.1) is 12.3 Å². The lowest BCUT2D eigenvalue weighted by atomic mass is 10.2. The molecule has 1 heterocycles. The van der Waals surface area contributed by atoms with Crippen molar-refractivity contribution in [2.75, 3.05) is 17.2 Å². The standard InChI is InChI=1S/C19H15FN2O5/c1-2-26-19(25)18(24)22-15-11-7-3-6-10-14(11)27-16(15)17(23)21-13-9-5-4-8-12(13)20/h3-10H,2H2,1H3,(H,21,23)(H,22,24). The van der Waals surface area contributed by atoms with Crippen molar-refractivity contribution in [1.29, 1.82) is 0 Å². The van der Waals surface area contributed by atoms with Crippen molar-refractivity contribution < 1.29 is 27.9 Å². The predicted octanol–water partition coefficient (Wildman–Crippen LogP) is 3.33. The Bertz CT molecular complexity index is 1030. The Kier molecular flexibility index (Phi) is 5.16. The summed E-state index contributed by atoms with van der Waals surface area (Å²) in [5, 5.41) is 5.13. The van der Waals surface area contributed by atoms with Crippen LogP contribution in [-0.2, 0) is 14.3 Å². The summed E-state index contributed by atoms with van der Waals surface area (Å²) >= 11 is 0. The van der Waals surface area contributed by atoms with Crippen LogP contribution < -0.4 is 10.6 Å². The number of esters is 1. The highest BCUT2D eigenvalue weighted by molar-refractivity contribution is 6.38. The summed E-state index contributed by atoms with van der Waals surface area (Å²) in [7, 11) is 0. The van der Waals surface area contributed by atoms with Gasteiger partial charge in [0.1, 0.15) is 17.1 Å². The Morgan fingerprint density at radius 3 is 2.48 bits per heavy atom. The summed E-state index contributed by atoms with van der Waals surface area (Å²) in [6.45, 7) is 1.59. The third kappa shape index (κ3) is 3.79. The van der Waals surface area contributed by atoms with Crippen LogP contribution in [0.25, 0.3) is 11.0 Å². The average Bonchev–Trinajstić information content (AvgIpc) is 3.02. The molecular formula is C19H15FN2O5. The van der Waals surface area contributed by atoms with Crippen molar-refractivity contribution in [2.45, 2.75) is 6.92 Å². The third-order valence-corrected chi connectivity index (χ3v) is 3.62. The molecule has 3 rings (SSSR count). The molecule has 0 fully saturated rings. The Labute approximate surface area is 153 Å². The minimum Gasteiger partial charge on any atom is -0.459 e. The van der Waals surface area contributed by atoms with Crippen molar-refractivity contribution in [2.24, 2.45) is 0 Å². The van der Waals surface area contributed by atoms with E-state index < -0.39 is 23.6 Å². The van der Waals surface area contributed by atoms with Crippen LogP contribution in [0.15, 0.2) is 52.9 Å². The van der Waals surface area contributed by atoms with Gasteiger partial charge in [0.2, 0.25) is 5.76 Å². The van der Waals surface area contributed by atoms with E-state index in [2.05, 4.69) is 15.4 Å². The topological polar surface area (TPSA) is 97.6 Å². The molecule has 2 aromatic carbocycles. The van der Waals surface area contributed by atoms with Crippen LogP contribution in [0.5, 0.6) is 0 Å². The summed E-state index contributed by atoms with van der Waals surface area (Å²) in [5.41, 5.74) is 0.262. The molecule has 0 atom stereocenters. The second-order valence-corrected chi connectivity index (χ2v) is 5.41. The Balaban J connectivity index is 1.97. The molecule has 0 unspecified atom stereocenters. The van der Waals surface area contributed by atoms with E-state index >= 15 is 0 Å². The lowest BCUT2D eigenvalue weighted by Gasteiger charge is -2.07. The quantitative estimate of drug-likeness (QED) is 0.542. The summed E-state index contributed by atoms with van der Waals surface area (Å²) < 4.78 is 24.0. The van der Waals surface area contributed by atoms with Gasteiger partial charge in [-0.3, -0.25) is 9.59 Å². The first kappa shape index (κ1) is 18.1. The molecule has 8 heteroatoms. The smallest absolute Gasteiger partial charge is 0.397 e. The number of hydrogen-bond donors (Lipinski definition) is 2. The van der Waals surface area contributed by atoms with Crippen LogP contribution in [0.1, 0.15) is 17.5 Å². The molecule has 138 valence electrons. The first-order chi connectivity index (χ1) is 13.0. The van der Waals surface area contributed by atoms with Gasteiger partial charge in [-0.15, -0.1) is 0 Å².